The predicted octanol–water partition coefficient (Wildman–Crippen LogP) is 5.62. The lowest BCUT2D eigenvalue weighted by Gasteiger charge is -2.25. The second-order valence-electron chi connectivity index (χ2n) is 8.00. The molecule has 4 rings (SSSR count). The minimum atomic E-state index is -0.619. The van der Waals surface area contributed by atoms with Crippen molar-refractivity contribution in [2.45, 2.75) is 39.2 Å². The van der Waals surface area contributed by atoms with Gasteiger partial charge in [0.1, 0.15) is 5.76 Å². The first-order valence-electron chi connectivity index (χ1n) is 10.9. The smallest absolute Gasteiger partial charge is 0.295 e. The van der Waals surface area contributed by atoms with E-state index in [0.717, 1.165) is 35.6 Å². The third-order valence-corrected chi connectivity index (χ3v) is 6.02. The first-order chi connectivity index (χ1) is 15.0. The van der Waals surface area contributed by atoms with Crippen LogP contribution in [0.2, 0.25) is 0 Å². The van der Waals surface area contributed by atoms with E-state index >= 15 is 0 Å². The summed E-state index contributed by atoms with van der Waals surface area (Å²) >= 11 is 0. The molecular weight excluding hydrogens is 386 g/mol. The molecular formula is C27H27NO3. The molecule has 0 aliphatic carbocycles. The predicted molar refractivity (Wildman–Crippen MR) is 124 cm³/mol. The number of aryl methyl sites for hydroxylation is 1. The molecule has 1 unspecified atom stereocenters. The summed E-state index contributed by atoms with van der Waals surface area (Å²) in [6.45, 7) is 4.62. The van der Waals surface area contributed by atoms with Crippen molar-refractivity contribution in [3.63, 3.8) is 0 Å². The first kappa shape index (κ1) is 20.9. The lowest BCUT2D eigenvalue weighted by molar-refractivity contribution is -0.139. The Morgan fingerprint density at radius 2 is 1.65 bits per heavy atom. The van der Waals surface area contributed by atoms with Gasteiger partial charge in [-0.15, -0.1) is 0 Å². The number of likely N-dealkylation sites (tertiary alicyclic amines) is 1. The van der Waals surface area contributed by atoms with Gasteiger partial charge in [0.2, 0.25) is 0 Å². The lowest BCUT2D eigenvalue weighted by Crippen LogP contribution is -2.30. The molecule has 1 amide bonds. The van der Waals surface area contributed by atoms with E-state index < -0.39 is 17.7 Å². The highest BCUT2D eigenvalue weighted by molar-refractivity contribution is 6.46. The van der Waals surface area contributed by atoms with Crippen LogP contribution in [0.5, 0.6) is 0 Å². The number of hydrogen-bond donors (Lipinski definition) is 1. The van der Waals surface area contributed by atoms with E-state index in [4.69, 9.17) is 0 Å². The number of Topliss-reactive ketones (excluding diaryl/α,β-unsaturated/α-hetero) is 1. The van der Waals surface area contributed by atoms with Crippen LogP contribution < -0.4 is 0 Å². The molecule has 1 aliphatic rings. The summed E-state index contributed by atoms with van der Waals surface area (Å²) in [4.78, 5) is 27.6. The van der Waals surface area contributed by atoms with E-state index in [-0.39, 0.29) is 11.3 Å². The molecule has 3 aromatic rings. The molecule has 1 aliphatic heterocycles. The fourth-order valence-corrected chi connectivity index (χ4v) is 4.21. The Labute approximate surface area is 182 Å². The van der Waals surface area contributed by atoms with Crippen LogP contribution in [0.25, 0.3) is 16.5 Å². The SMILES string of the molecule is CCCCN1C(=O)C(=O)/C(=C(\O)c2ccc3ccccc3c2)C1c1ccc(CC)cc1. The highest BCUT2D eigenvalue weighted by atomic mass is 16.3. The molecule has 31 heavy (non-hydrogen) atoms. The van der Waals surface area contributed by atoms with E-state index in [1.165, 1.54) is 5.56 Å². The number of amides is 1. The van der Waals surface area contributed by atoms with Crippen molar-refractivity contribution in [2.24, 2.45) is 0 Å². The number of carbonyl (C=O) groups is 2. The number of hydrogen-bond acceptors (Lipinski definition) is 3. The molecule has 1 N–H and O–H groups in total. The third kappa shape index (κ3) is 3.86. The molecule has 4 heteroatoms. The Bertz CT molecular complexity index is 1160. The van der Waals surface area contributed by atoms with Gasteiger partial charge < -0.3 is 10.0 Å². The zero-order valence-corrected chi connectivity index (χ0v) is 18.0. The Balaban J connectivity index is 1.86. The largest absolute Gasteiger partial charge is 0.507 e. The standard InChI is InChI=1S/C27H27NO3/c1-3-5-16-28-24(20-12-10-18(4-2)11-13-20)23(26(30)27(28)31)25(29)22-15-14-19-8-6-7-9-21(19)17-22/h6-15,17,24,29H,3-5,16H2,1-2H3/b25-23-. The molecule has 0 saturated carbocycles. The minimum Gasteiger partial charge on any atom is -0.507 e. The average molecular weight is 414 g/mol. The molecule has 1 fully saturated rings. The van der Waals surface area contributed by atoms with E-state index in [2.05, 4.69) is 13.8 Å². The summed E-state index contributed by atoms with van der Waals surface area (Å²) < 4.78 is 0. The zero-order valence-electron chi connectivity index (χ0n) is 18.0. The first-order valence-corrected chi connectivity index (χ1v) is 10.9. The number of aliphatic hydroxyl groups is 1. The molecule has 1 atom stereocenters. The molecule has 158 valence electrons. The summed E-state index contributed by atoms with van der Waals surface area (Å²) in [6.07, 6.45) is 2.62. The quantitative estimate of drug-likeness (QED) is 0.324. The lowest BCUT2D eigenvalue weighted by atomic mass is 9.93. The third-order valence-electron chi connectivity index (χ3n) is 6.02. The molecule has 0 aromatic heterocycles. The van der Waals surface area contributed by atoms with Crippen LogP contribution in [0, 0.1) is 0 Å². The van der Waals surface area contributed by atoms with Gasteiger partial charge in [0.25, 0.3) is 11.7 Å². The maximum absolute atomic E-state index is 13.1. The highest BCUT2D eigenvalue weighted by Crippen LogP contribution is 2.40. The van der Waals surface area contributed by atoms with E-state index in [1.807, 2.05) is 60.7 Å². The second kappa shape index (κ2) is 8.76. The van der Waals surface area contributed by atoms with E-state index in [9.17, 15) is 14.7 Å². The number of carbonyl (C=O) groups excluding carboxylic acids is 2. The molecule has 4 nitrogen and oxygen atoms in total. The minimum absolute atomic E-state index is 0.118. The molecule has 1 saturated heterocycles. The van der Waals surface area contributed by atoms with Gasteiger partial charge in [-0.05, 0) is 40.8 Å². The number of rotatable bonds is 6. The van der Waals surface area contributed by atoms with E-state index in [0.29, 0.717) is 12.1 Å². The Kier molecular flexibility index (Phi) is 5.90. The van der Waals surface area contributed by atoms with Gasteiger partial charge in [-0.2, -0.15) is 0 Å². The fourth-order valence-electron chi connectivity index (χ4n) is 4.21. The maximum atomic E-state index is 13.1. The van der Waals surface area contributed by atoms with Crippen LogP contribution in [0.3, 0.4) is 0 Å². The van der Waals surface area contributed by atoms with Gasteiger partial charge >= 0.3 is 0 Å². The van der Waals surface area contributed by atoms with Gasteiger partial charge in [0.15, 0.2) is 0 Å². The van der Waals surface area contributed by atoms with Crippen molar-refractivity contribution < 1.29 is 14.7 Å². The maximum Gasteiger partial charge on any atom is 0.295 e. The number of fused-ring (bicyclic) bond motifs is 1. The van der Waals surface area contributed by atoms with Gasteiger partial charge in [-0.25, -0.2) is 0 Å². The molecule has 0 spiro atoms. The van der Waals surface area contributed by atoms with Crippen LogP contribution in [0.4, 0.5) is 0 Å². The van der Waals surface area contributed by atoms with Crippen LogP contribution in [0.1, 0.15) is 49.4 Å². The number of aliphatic hydroxyl groups excluding tert-OH is 1. The topological polar surface area (TPSA) is 57.6 Å². The number of unbranched alkanes of at least 4 members (excludes halogenated alkanes) is 1. The zero-order chi connectivity index (χ0) is 22.0. The van der Waals surface area contributed by atoms with Gasteiger partial charge in [-0.3, -0.25) is 9.59 Å². The summed E-state index contributed by atoms with van der Waals surface area (Å²) in [7, 11) is 0. The van der Waals surface area contributed by atoms with Crippen LogP contribution in [-0.2, 0) is 16.0 Å². The van der Waals surface area contributed by atoms with Crippen molar-refractivity contribution in [2.75, 3.05) is 6.54 Å². The molecule has 0 bridgehead atoms. The number of nitrogens with zero attached hydrogens (tertiary/aromatic N) is 1. The summed E-state index contributed by atoms with van der Waals surface area (Å²) in [6, 6.07) is 20.8. The van der Waals surface area contributed by atoms with Crippen molar-refractivity contribution in [1.82, 2.24) is 4.90 Å². The number of ketones is 1. The van der Waals surface area contributed by atoms with Crippen molar-refractivity contribution >= 4 is 28.2 Å². The highest BCUT2D eigenvalue weighted by Gasteiger charge is 2.45. The van der Waals surface area contributed by atoms with Crippen LogP contribution in [0.15, 0.2) is 72.3 Å². The second-order valence-corrected chi connectivity index (χ2v) is 8.00. The van der Waals surface area contributed by atoms with Crippen molar-refractivity contribution in [3.8, 4) is 0 Å². The van der Waals surface area contributed by atoms with Crippen molar-refractivity contribution in [1.29, 1.82) is 0 Å². The van der Waals surface area contributed by atoms with Gasteiger partial charge in [0.05, 0.1) is 11.6 Å². The Morgan fingerprint density at radius 3 is 2.32 bits per heavy atom. The summed E-state index contributed by atoms with van der Waals surface area (Å²) in [5.41, 5.74) is 2.74. The van der Waals surface area contributed by atoms with Crippen LogP contribution in [-0.4, -0.2) is 28.2 Å². The molecule has 3 aromatic carbocycles. The van der Waals surface area contributed by atoms with Crippen LogP contribution >= 0.6 is 0 Å². The molecule has 1 heterocycles. The normalized spacial score (nSPS) is 18.1. The average Bonchev–Trinajstić information content (AvgIpc) is 3.06. The molecule has 0 radical (unpaired) electrons. The van der Waals surface area contributed by atoms with Crippen molar-refractivity contribution in [3.05, 3.63) is 89.0 Å². The monoisotopic (exact) mass is 413 g/mol. The van der Waals surface area contributed by atoms with Gasteiger partial charge in [-0.1, -0.05) is 80.9 Å². The summed E-state index contributed by atoms with van der Waals surface area (Å²) in [5, 5.41) is 13.2. The Morgan fingerprint density at radius 1 is 0.935 bits per heavy atom. The Hall–Kier alpha value is -3.40. The van der Waals surface area contributed by atoms with E-state index in [1.54, 1.807) is 11.0 Å². The number of benzene rings is 3. The fraction of sp³-hybridized carbons (Fsp3) is 0.259. The summed E-state index contributed by atoms with van der Waals surface area (Å²) in [5.74, 6) is -1.28. The van der Waals surface area contributed by atoms with Gasteiger partial charge in [0, 0.05) is 12.1 Å².